The molecule has 0 aliphatic rings. The maximum absolute atomic E-state index is 12.6. The van der Waals surface area contributed by atoms with Crippen molar-refractivity contribution in [3.05, 3.63) is 65.7 Å². The van der Waals surface area contributed by atoms with Crippen molar-refractivity contribution in [3.63, 3.8) is 0 Å². The Morgan fingerprint density at radius 1 is 0.531 bits per heavy atom. The van der Waals surface area contributed by atoms with Crippen molar-refractivity contribution in [2.75, 3.05) is 13.6 Å². The topological polar surface area (TPSA) is 102 Å². The van der Waals surface area contributed by atoms with Crippen LogP contribution in [0.25, 0.3) is 0 Å². The Morgan fingerprint density at radius 2 is 0.844 bits per heavy atom. The van der Waals surface area contributed by atoms with Gasteiger partial charge in [-0.1, -0.05) is 224 Å². The molecule has 2 rings (SSSR count). The van der Waals surface area contributed by atoms with Gasteiger partial charge < -0.3 is 29.9 Å². The number of nitrogens with one attached hydrogen (secondary N) is 1. The van der Waals surface area contributed by atoms with Crippen LogP contribution in [-0.2, 0) is 15.8 Å². The normalized spacial score (nSPS) is 11.2. The molecule has 2 aromatic carbocycles. The Balaban J connectivity index is -0.000000861. The maximum atomic E-state index is 12.6. The summed E-state index contributed by atoms with van der Waals surface area (Å²) >= 11 is 0. The molecule has 0 spiro atoms. The average molecular weight is 937 g/mol. The van der Waals surface area contributed by atoms with Crippen molar-refractivity contribution in [2.24, 2.45) is 0 Å². The van der Waals surface area contributed by atoms with Crippen LogP contribution in [0.3, 0.4) is 0 Å². The Kier molecular flexibility index (Phi) is 50.6. The summed E-state index contributed by atoms with van der Waals surface area (Å²) in [6, 6.07) is 14.4. The zero-order chi connectivity index (χ0) is 45.8. The van der Waals surface area contributed by atoms with Crippen LogP contribution in [-0.4, -0.2) is 48.6 Å². The van der Waals surface area contributed by atoms with E-state index in [0.29, 0.717) is 5.75 Å². The predicted molar refractivity (Wildman–Crippen MR) is 262 cm³/mol. The number of benzene rings is 2. The predicted octanol–water partition coefficient (Wildman–Crippen LogP) is 14.5. The summed E-state index contributed by atoms with van der Waals surface area (Å²) in [7, 11) is 1.85. The van der Waals surface area contributed by atoms with Gasteiger partial charge in [-0.2, -0.15) is 13.2 Å². The summed E-state index contributed by atoms with van der Waals surface area (Å²) < 4.78 is 43.6. The Hall–Kier alpha value is -2.01. The second-order valence-corrected chi connectivity index (χ2v) is 17.1. The summed E-state index contributed by atoms with van der Waals surface area (Å²) in [6.07, 6.45) is 35.9. The van der Waals surface area contributed by atoms with Crippen molar-refractivity contribution in [2.45, 2.75) is 238 Å². The van der Waals surface area contributed by atoms with Crippen LogP contribution in [0.2, 0.25) is 0 Å². The third kappa shape index (κ3) is 45.2. The number of ether oxygens (including phenoxy) is 1. The molecule has 0 saturated carbocycles. The number of unbranched alkanes of at least 4 members (excludes halogenated alkanes) is 28. The molecule has 1 atom stereocenters. The molecule has 0 heterocycles. The van der Waals surface area contributed by atoms with Gasteiger partial charge in [0, 0.05) is 18.4 Å². The molecule has 0 fully saturated rings. The quantitative estimate of drug-likeness (QED) is 0.0532. The van der Waals surface area contributed by atoms with Gasteiger partial charge in [0.1, 0.15) is 11.9 Å². The molecule has 0 aromatic heterocycles. The van der Waals surface area contributed by atoms with Crippen LogP contribution >= 0.6 is 12.4 Å². The van der Waals surface area contributed by atoms with Crippen molar-refractivity contribution in [3.8, 4) is 5.75 Å². The van der Waals surface area contributed by atoms with Gasteiger partial charge in [0.2, 0.25) is 0 Å². The molecule has 0 radical (unpaired) electrons. The van der Waals surface area contributed by atoms with E-state index >= 15 is 0 Å². The van der Waals surface area contributed by atoms with Crippen LogP contribution in [0, 0.1) is 0 Å². The molecule has 0 aliphatic carbocycles. The van der Waals surface area contributed by atoms with Crippen LogP contribution in [0.4, 0.5) is 13.2 Å². The first-order chi connectivity index (χ1) is 30.0. The van der Waals surface area contributed by atoms with E-state index in [1.165, 1.54) is 179 Å². The Bertz CT molecular complexity index is 1230. The number of rotatable bonds is 38. The molecular weight excluding hydrogens is 847 g/mol. The molecule has 366 valence electrons. The molecule has 0 saturated heterocycles. The van der Waals surface area contributed by atoms with Gasteiger partial charge in [-0.05, 0) is 69.1 Å². The maximum Gasteiger partial charge on any atom is 2.00 e. The van der Waals surface area contributed by atoms with Crippen molar-refractivity contribution >= 4 is 47.4 Å². The zero-order valence-electron chi connectivity index (χ0n) is 40.6. The summed E-state index contributed by atoms with van der Waals surface area (Å²) in [4.78, 5) is 20.4. The van der Waals surface area contributed by atoms with E-state index in [1.807, 2.05) is 37.4 Å². The van der Waals surface area contributed by atoms with Crippen LogP contribution < -0.4 is 20.3 Å². The van der Waals surface area contributed by atoms with Gasteiger partial charge in [0.05, 0.1) is 5.56 Å². The minimum atomic E-state index is -4.33. The first-order valence-electron chi connectivity index (χ1n) is 25.0. The number of hydrogen-bond donors (Lipinski definition) is 1. The summed E-state index contributed by atoms with van der Waals surface area (Å²) in [6.45, 7) is 5.28. The van der Waals surface area contributed by atoms with Crippen molar-refractivity contribution < 1.29 is 37.7 Å². The third-order valence-corrected chi connectivity index (χ3v) is 11.3. The van der Waals surface area contributed by atoms with Crippen molar-refractivity contribution in [1.82, 2.24) is 5.32 Å². The van der Waals surface area contributed by atoms with E-state index in [1.54, 1.807) is 0 Å². The number of hydrogen-bond acceptors (Lipinski definition) is 6. The third-order valence-electron chi connectivity index (χ3n) is 11.3. The number of alkyl halides is 3. The number of carboxylic acids is 2. The molecule has 1 N–H and O–H groups in total. The first-order valence-corrected chi connectivity index (χ1v) is 25.0. The number of halogens is 4. The van der Waals surface area contributed by atoms with Gasteiger partial charge in [0.15, 0.2) is 0 Å². The molecule has 2 aromatic rings. The summed E-state index contributed by atoms with van der Waals surface area (Å²) in [5, 5.41) is 23.5. The van der Waals surface area contributed by atoms with Crippen LogP contribution in [0.15, 0.2) is 54.6 Å². The Labute approximate surface area is 411 Å². The fraction of sp³-hybridized carbons (Fsp3) is 0.736. The molecule has 11 heteroatoms. The largest absolute Gasteiger partial charge is 2.00 e. The molecule has 1 unspecified atom stereocenters. The number of carbonyl (C=O) groups is 2. The molecule has 0 amide bonds. The van der Waals surface area contributed by atoms with Gasteiger partial charge in [-0.15, -0.1) is 12.4 Å². The second-order valence-electron chi connectivity index (χ2n) is 17.1. The number of carboxylic acid groups (broad SMARTS) is 2. The fourth-order valence-electron chi connectivity index (χ4n) is 7.40. The standard InChI is InChI=1S/2C18H36O2.C17H18F3NO.ClH.Mg/c2*1-2-3-4-5-6-7-8-9-10-11-12-13-14-15-16-17-18(19)20;1-21-12-11-16(13-5-3-2-4-6-13)22-15-9-7-14(8-10-15)17(18,19)20;;/h2*2-17H2,1H3,(H,19,20);2-10,16,21H,11-12H2,1H3;1H;/q;;;;+2/p-2. The van der Waals surface area contributed by atoms with E-state index in [-0.39, 0.29) is 54.4 Å². The van der Waals surface area contributed by atoms with E-state index in [4.69, 9.17) is 4.74 Å². The zero-order valence-corrected chi connectivity index (χ0v) is 42.8. The average Bonchev–Trinajstić information content (AvgIpc) is 3.25. The van der Waals surface area contributed by atoms with E-state index in [9.17, 15) is 33.0 Å². The molecule has 64 heavy (non-hydrogen) atoms. The second kappa shape index (κ2) is 48.9. The molecular formula is C53H89ClF3MgNO5. The van der Waals surface area contributed by atoms with Crippen molar-refractivity contribution in [1.29, 1.82) is 0 Å². The molecule has 0 aliphatic heterocycles. The molecule has 6 nitrogen and oxygen atoms in total. The van der Waals surface area contributed by atoms with Gasteiger partial charge in [-0.3, -0.25) is 0 Å². The fourth-order valence-corrected chi connectivity index (χ4v) is 7.40. The van der Waals surface area contributed by atoms with E-state index in [2.05, 4.69) is 19.2 Å². The smallest absolute Gasteiger partial charge is 0.550 e. The van der Waals surface area contributed by atoms with Gasteiger partial charge in [-0.25, -0.2) is 0 Å². The first kappa shape index (κ1) is 66.3. The van der Waals surface area contributed by atoms with Gasteiger partial charge >= 0.3 is 29.2 Å². The summed E-state index contributed by atoms with van der Waals surface area (Å²) in [5.74, 6) is -1.38. The molecule has 0 bridgehead atoms. The van der Waals surface area contributed by atoms with Gasteiger partial charge in [0.25, 0.3) is 0 Å². The monoisotopic (exact) mass is 936 g/mol. The summed E-state index contributed by atoms with van der Waals surface area (Å²) in [5.41, 5.74) is 0.323. The van der Waals surface area contributed by atoms with E-state index in [0.717, 1.165) is 56.3 Å². The minimum absolute atomic E-state index is 0. The van der Waals surface area contributed by atoms with Crippen LogP contribution in [0.1, 0.15) is 243 Å². The van der Waals surface area contributed by atoms with E-state index < -0.39 is 23.7 Å². The number of carbonyl (C=O) groups excluding carboxylic acids is 2. The Morgan fingerprint density at radius 3 is 1.12 bits per heavy atom. The van der Waals surface area contributed by atoms with Crippen LogP contribution in [0.5, 0.6) is 5.75 Å². The number of aliphatic carboxylic acids is 2. The SMILES string of the molecule is CCCCCCCCCCCCCCCCCC(=O)[O-].CCCCCCCCCCCCCCCCCC(=O)[O-].CNCCC(Oc1ccc(C(F)(F)F)cc1)c1ccccc1.Cl.[Mg+2]. The minimum Gasteiger partial charge on any atom is -0.550 e.